The first-order valence-electron chi connectivity index (χ1n) is 15.5. The van der Waals surface area contributed by atoms with Crippen molar-refractivity contribution in [3.63, 3.8) is 0 Å². The Bertz CT molecular complexity index is 1340. The number of hydrogen-bond donors (Lipinski definition) is 1. The highest BCUT2D eigenvalue weighted by atomic mass is 16.3. The summed E-state index contributed by atoms with van der Waals surface area (Å²) >= 11 is 0. The molecule has 44 heavy (non-hydrogen) atoms. The second-order valence-corrected chi connectivity index (χ2v) is 13.2. The van der Waals surface area contributed by atoms with Gasteiger partial charge in [-0.15, -0.1) is 0 Å². The number of rotatable bonds is 10. The predicted molar refractivity (Wildman–Crippen MR) is 187 cm³/mol. The number of aliphatic hydroxyl groups is 1. The van der Waals surface area contributed by atoms with Crippen molar-refractivity contribution >= 4 is 11.6 Å². The van der Waals surface area contributed by atoms with E-state index in [1.807, 2.05) is 77.2 Å². The van der Waals surface area contributed by atoms with Gasteiger partial charge in [0.2, 0.25) is 0 Å². The van der Waals surface area contributed by atoms with E-state index >= 15 is 0 Å². The van der Waals surface area contributed by atoms with Gasteiger partial charge in [-0.3, -0.25) is 9.59 Å². The Kier molecular flexibility index (Phi) is 13.3. The number of Topliss-reactive ketones (excluding diaryl/α,β-unsaturated/α-hetero) is 2. The monoisotopic (exact) mass is 592 g/mol. The summed E-state index contributed by atoms with van der Waals surface area (Å²) in [4.78, 5) is 24.7. The second-order valence-electron chi connectivity index (χ2n) is 13.2. The molecule has 0 saturated heterocycles. The lowest BCUT2D eigenvalue weighted by Gasteiger charge is -2.35. The van der Waals surface area contributed by atoms with Gasteiger partial charge in [0.15, 0.2) is 11.6 Å². The van der Waals surface area contributed by atoms with Crippen LogP contribution in [-0.4, -0.2) is 22.8 Å². The number of carbonyl (C=O) groups excluding carboxylic acids is 2. The Morgan fingerprint density at radius 3 is 1.43 bits per heavy atom. The summed E-state index contributed by atoms with van der Waals surface area (Å²) in [7, 11) is 0. The van der Waals surface area contributed by atoms with Gasteiger partial charge < -0.3 is 5.11 Å². The van der Waals surface area contributed by atoms with Gasteiger partial charge in [0.25, 0.3) is 0 Å². The van der Waals surface area contributed by atoms with Crippen LogP contribution in [0.1, 0.15) is 76.2 Å². The molecule has 0 aromatic carbocycles. The van der Waals surface area contributed by atoms with Crippen LogP contribution in [-0.2, 0) is 9.59 Å². The quantitative estimate of drug-likeness (QED) is 0.257. The van der Waals surface area contributed by atoms with Gasteiger partial charge in [0.1, 0.15) is 6.10 Å². The van der Waals surface area contributed by atoms with Crippen LogP contribution in [0.25, 0.3) is 0 Å². The van der Waals surface area contributed by atoms with E-state index in [0.29, 0.717) is 5.57 Å². The molecule has 0 bridgehead atoms. The average molecular weight is 593 g/mol. The summed E-state index contributed by atoms with van der Waals surface area (Å²) in [5.41, 5.74) is 7.48. The highest BCUT2D eigenvalue weighted by molar-refractivity contribution is 6.02. The van der Waals surface area contributed by atoms with Gasteiger partial charge in [-0.2, -0.15) is 0 Å². The molecule has 0 aromatic rings. The van der Waals surface area contributed by atoms with Crippen molar-refractivity contribution in [2.45, 2.75) is 82.3 Å². The molecular formula is C41H52O3. The molecule has 234 valence electrons. The van der Waals surface area contributed by atoms with Gasteiger partial charge >= 0.3 is 0 Å². The maximum Gasteiger partial charge on any atom is 0.187 e. The van der Waals surface area contributed by atoms with Gasteiger partial charge in [-0.1, -0.05) is 142 Å². The molecule has 1 N–H and O–H groups in total. The lowest BCUT2D eigenvalue weighted by molar-refractivity contribution is -0.123. The van der Waals surface area contributed by atoms with E-state index in [4.69, 9.17) is 0 Å². The zero-order valence-corrected chi connectivity index (χ0v) is 28.7. The molecule has 2 aliphatic rings. The fourth-order valence-corrected chi connectivity index (χ4v) is 5.60. The number of aliphatic hydroxyl groups excluding tert-OH is 1. The summed E-state index contributed by atoms with van der Waals surface area (Å²) in [6, 6.07) is 0. The molecule has 2 radical (unpaired) electrons. The fourth-order valence-electron chi connectivity index (χ4n) is 5.60. The Morgan fingerprint density at radius 1 is 0.614 bits per heavy atom. The first-order chi connectivity index (χ1) is 20.5. The summed E-state index contributed by atoms with van der Waals surface area (Å²) < 4.78 is 0. The van der Waals surface area contributed by atoms with Crippen LogP contribution in [0, 0.1) is 29.6 Å². The Morgan fingerprint density at radius 2 is 0.977 bits per heavy atom. The molecule has 3 heteroatoms. The van der Waals surface area contributed by atoms with Gasteiger partial charge in [0, 0.05) is 12.3 Å². The van der Waals surface area contributed by atoms with E-state index in [1.54, 1.807) is 13.3 Å². The summed E-state index contributed by atoms with van der Waals surface area (Å²) in [6.45, 7) is 22.3. The van der Waals surface area contributed by atoms with Gasteiger partial charge in [0.05, 0.1) is 0 Å². The molecule has 3 nitrogen and oxygen atoms in total. The molecule has 2 aliphatic carbocycles. The minimum atomic E-state index is -1.03. The van der Waals surface area contributed by atoms with Gasteiger partial charge in [-0.25, -0.2) is 0 Å². The number of carbonyl (C=O) groups is 2. The summed E-state index contributed by atoms with van der Waals surface area (Å²) in [6.07, 6.45) is 31.5. The fraction of sp³-hybridized carbons (Fsp3) is 0.366. The third-order valence-corrected chi connectivity index (χ3v) is 8.15. The maximum absolute atomic E-state index is 12.5. The van der Waals surface area contributed by atoms with Crippen molar-refractivity contribution in [1.29, 1.82) is 0 Å². The molecule has 2 unspecified atom stereocenters. The molecule has 0 heterocycles. The van der Waals surface area contributed by atoms with Crippen molar-refractivity contribution in [2.75, 3.05) is 0 Å². The standard InChI is InChI=1S/C41H52O3/c1-28(18-14-20-30(3)22-24-35-33(6)38(43)32(5)26-40(35,8)9)16-12-13-17-29(2)19-15-21-31(4)23-25-36-34(7)39(44)37(42)27-41(36,10)11/h12-27,32,37,42H,1-11H3/b13-12+,18-14+,19-15+,24-22+,25-23+,28-16+,29-17+,30-20+,31-21+. The third-order valence-electron chi connectivity index (χ3n) is 8.15. The molecular weight excluding hydrogens is 540 g/mol. The molecule has 0 saturated carbocycles. The first kappa shape index (κ1) is 36.6. The molecule has 0 aliphatic heterocycles. The van der Waals surface area contributed by atoms with Crippen LogP contribution in [0.15, 0.2) is 130 Å². The third kappa shape index (κ3) is 10.6. The smallest absolute Gasteiger partial charge is 0.187 e. The topological polar surface area (TPSA) is 54.4 Å². The van der Waals surface area contributed by atoms with E-state index < -0.39 is 6.10 Å². The minimum Gasteiger partial charge on any atom is -0.385 e. The van der Waals surface area contributed by atoms with E-state index in [-0.39, 0.29) is 28.3 Å². The van der Waals surface area contributed by atoms with Crippen molar-refractivity contribution in [2.24, 2.45) is 16.7 Å². The zero-order valence-electron chi connectivity index (χ0n) is 28.7. The largest absolute Gasteiger partial charge is 0.385 e. The van der Waals surface area contributed by atoms with Crippen molar-refractivity contribution in [1.82, 2.24) is 0 Å². The number of ketones is 2. The summed E-state index contributed by atoms with van der Waals surface area (Å²) in [5.74, 6) is -0.0445. The summed E-state index contributed by atoms with van der Waals surface area (Å²) in [5, 5.41) is 9.97. The minimum absolute atomic E-state index is 0.0323. The lowest BCUT2D eigenvalue weighted by atomic mass is 9.68. The Balaban J connectivity index is 1.95. The van der Waals surface area contributed by atoms with Crippen molar-refractivity contribution in [3.8, 4) is 0 Å². The molecule has 0 aromatic heterocycles. The van der Waals surface area contributed by atoms with Gasteiger partial charge in [-0.05, 0) is 81.1 Å². The molecule has 2 atom stereocenters. The van der Waals surface area contributed by atoms with Crippen molar-refractivity contribution in [3.05, 3.63) is 142 Å². The molecule has 0 spiro atoms. The number of hydrogen-bond acceptors (Lipinski definition) is 3. The highest BCUT2D eigenvalue weighted by Gasteiger charge is 2.37. The molecule has 0 fully saturated rings. The second kappa shape index (κ2) is 16.0. The Hall–Kier alpha value is -3.56. The normalized spacial score (nSPS) is 24.5. The molecule has 0 amide bonds. The van der Waals surface area contributed by atoms with Crippen LogP contribution in [0.2, 0.25) is 0 Å². The van der Waals surface area contributed by atoms with E-state index in [0.717, 1.165) is 39.0 Å². The van der Waals surface area contributed by atoms with E-state index in [9.17, 15) is 14.7 Å². The van der Waals surface area contributed by atoms with Crippen LogP contribution in [0.3, 0.4) is 0 Å². The lowest BCUT2D eigenvalue weighted by Crippen LogP contribution is -2.36. The first-order valence-corrected chi connectivity index (χ1v) is 15.5. The SMILES string of the molecule is CC1=C(/C=C/C(C)=C/C=C/C(C)=C/C=C/C=C(C)/C=C/C=C(C)/C=C/C2=C(C)C(=O)C(O)[CH]C2(C)C)C(C)(C)[CH]C(C)C1=O. The van der Waals surface area contributed by atoms with Crippen LogP contribution < -0.4 is 0 Å². The maximum atomic E-state index is 12.5. The average Bonchev–Trinajstić information content (AvgIpc) is 2.92. The Labute approximate surface area is 267 Å². The van der Waals surface area contributed by atoms with E-state index in [2.05, 4.69) is 83.6 Å². The van der Waals surface area contributed by atoms with Crippen LogP contribution >= 0.6 is 0 Å². The zero-order chi connectivity index (χ0) is 33.2. The van der Waals surface area contributed by atoms with Crippen LogP contribution in [0.4, 0.5) is 0 Å². The highest BCUT2D eigenvalue weighted by Crippen LogP contribution is 2.41. The molecule has 2 rings (SSSR count). The predicted octanol–water partition coefficient (Wildman–Crippen LogP) is 9.81. The number of allylic oxidation sites excluding steroid dienone is 21. The van der Waals surface area contributed by atoms with Crippen LogP contribution in [0.5, 0.6) is 0 Å². The van der Waals surface area contributed by atoms with Crippen molar-refractivity contribution < 1.29 is 14.7 Å². The van der Waals surface area contributed by atoms with E-state index in [1.165, 1.54) is 0 Å².